The van der Waals surface area contributed by atoms with Crippen molar-refractivity contribution < 1.29 is 4.74 Å². The molecule has 0 amide bonds. The molecule has 3 rings (SSSR count). The maximum Gasteiger partial charge on any atom is 0.138 e. The highest BCUT2D eigenvalue weighted by molar-refractivity contribution is 5.79. The molecule has 3 aromatic rings. The molecular formula is C17H12N2O. The Balaban J connectivity index is 1.82. The molecule has 0 aliphatic carbocycles. The first kappa shape index (κ1) is 12.2. The van der Waals surface area contributed by atoms with Crippen molar-refractivity contribution in [1.82, 2.24) is 4.98 Å². The first-order chi connectivity index (χ1) is 9.86. The number of benzene rings is 2. The van der Waals surface area contributed by atoms with Gasteiger partial charge in [0.25, 0.3) is 0 Å². The molecule has 1 aromatic heterocycles. The van der Waals surface area contributed by atoms with Crippen LogP contribution in [0, 0.1) is 11.3 Å². The van der Waals surface area contributed by atoms with Gasteiger partial charge in [-0.3, -0.25) is 4.98 Å². The summed E-state index contributed by atoms with van der Waals surface area (Å²) < 4.78 is 5.73. The van der Waals surface area contributed by atoms with E-state index in [0.717, 1.165) is 16.5 Å². The average Bonchev–Trinajstić information content (AvgIpc) is 2.53. The smallest absolute Gasteiger partial charge is 0.138 e. The van der Waals surface area contributed by atoms with Gasteiger partial charge in [0.15, 0.2) is 0 Å². The number of pyridine rings is 1. The van der Waals surface area contributed by atoms with Gasteiger partial charge in [-0.25, -0.2) is 0 Å². The maximum absolute atomic E-state index is 9.04. The van der Waals surface area contributed by atoms with Crippen LogP contribution in [0.4, 0.5) is 0 Å². The van der Waals surface area contributed by atoms with E-state index in [9.17, 15) is 0 Å². The van der Waals surface area contributed by atoms with Gasteiger partial charge < -0.3 is 4.74 Å². The predicted octanol–water partition coefficient (Wildman–Crippen LogP) is 3.69. The van der Waals surface area contributed by atoms with Crippen molar-refractivity contribution in [3.63, 3.8) is 0 Å². The Kier molecular flexibility index (Phi) is 3.30. The third-order valence-electron chi connectivity index (χ3n) is 3.10. The van der Waals surface area contributed by atoms with Crippen LogP contribution in [0.2, 0.25) is 0 Å². The number of ether oxygens (including phenoxy) is 1. The molecule has 0 radical (unpaired) electrons. The summed E-state index contributed by atoms with van der Waals surface area (Å²) in [5, 5.41) is 10.1. The number of hydrogen-bond acceptors (Lipinski definition) is 3. The van der Waals surface area contributed by atoms with E-state index >= 15 is 0 Å². The Morgan fingerprint density at radius 2 is 1.85 bits per heavy atom. The molecule has 0 atom stereocenters. The number of nitriles is 1. The molecule has 3 nitrogen and oxygen atoms in total. The maximum atomic E-state index is 9.04. The summed E-state index contributed by atoms with van der Waals surface area (Å²) in [4.78, 5) is 4.35. The molecule has 20 heavy (non-hydrogen) atoms. The van der Waals surface area contributed by atoms with Crippen molar-refractivity contribution in [1.29, 1.82) is 5.26 Å². The fourth-order valence-electron chi connectivity index (χ4n) is 2.05. The SMILES string of the molecule is N#Cc1ccccc1COc1cnc2ccccc2c1. The zero-order valence-electron chi connectivity index (χ0n) is 10.8. The first-order valence-corrected chi connectivity index (χ1v) is 6.32. The van der Waals surface area contributed by atoms with Gasteiger partial charge in [-0.15, -0.1) is 0 Å². The monoisotopic (exact) mass is 260 g/mol. The van der Waals surface area contributed by atoms with Crippen LogP contribution < -0.4 is 4.74 Å². The Morgan fingerprint density at radius 3 is 2.75 bits per heavy atom. The summed E-state index contributed by atoms with van der Waals surface area (Å²) in [5.74, 6) is 0.705. The quantitative estimate of drug-likeness (QED) is 0.721. The lowest BCUT2D eigenvalue weighted by Crippen LogP contribution is -1.98. The van der Waals surface area contributed by atoms with Gasteiger partial charge in [-0.05, 0) is 18.2 Å². The molecule has 2 aromatic carbocycles. The van der Waals surface area contributed by atoms with E-state index in [1.807, 2.05) is 48.5 Å². The van der Waals surface area contributed by atoms with E-state index < -0.39 is 0 Å². The zero-order valence-corrected chi connectivity index (χ0v) is 10.8. The Labute approximate surface area is 117 Å². The van der Waals surface area contributed by atoms with E-state index in [1.54, 1.807) is 12.3 Å². The lowest BCUT2D eigenvalue weighted by molar-refractivity contribution is 0.305. The number of fused-ring (bicyclic) bond motifs is 1. The molecule has 0 saturated heterocycles. The second kappa shape index (κ2) is 5.41. The van der Waals surface area contributed by atoms with Gasteiger partial charge in [0.1, 0.15) is 12.4 Å². The molecule has 0 fully saturated rings. The van der Waals surface area contributed by atoms with Crippen LogP contribution >= 0.6 is 0 Å². The molecular weight excluding hydrogens is 248 g/mol. The van der Waals surface area contributed by atoms with E-state index in [1.165, 1.54) is 0 Å². The Morgan fingerprint density at radius 1 is 1.05 bits per heavy atom. The predicted molar refractivity (Wildman–Crippen MR) is 77.2 cm³/mol. The van der Waals surface area contributed by atoms with Crippen LogP contribution in [0.5, 0.6) is 5.75 Å². The van der Waals surface area contributed by atoms with Crippen molar-refractivity contribution in [3.8, 4) is 11.8 Å². The molecule has 96 valence electrons. The highest BCUT2D eigenvalue weighted by Gasteiger charge is 2.03. The molecule has 3 heteroatoms. The minimum Gasteiger partial charge on any atom is -0.487 e. The zero-order chi connectivity index (χ0) is 13.8. The standard InChI is InChI=1S/C17H12N2O/c18-10-14-6-1-2-7-15(14)12-20-16-9-13-5-3-4-8-17(13)19-11-16/h1-9,11H,12H2. The third-order valence-corrected chi connectivity index (χ3v) is 3.10. The molecule has 0 bridgehead atoms. The van der Waals surface area contributed by atoms with Crippen LogP contribution in [-0.4, -0.2) is 4.98 Å². The van der Waals surface area contributed by atoms with Crippen LogP contribution in [0.3, 0.4) is 0 Å². The highest BCUT2D eigenvalue weighted by atomic mass is 16.5. The van der Waals surface area contributed by atoms with Gasteiger partial charge in [0.05, 0.1) is 23.3 Å². The second-order valence-electron chi connectivity index (χ2n) is 4.42. The van der Waals surface area contributed by atoms with Crippen molar-refractivity contribution in [2.24, 2.45) is 0 Å². The van der Waals surface area contributed by atoms with E-state index in [4.69, 9.17) is 10.00 Å². The normalized spacial score (nSPS) is 10.2. The first-order valence-electron chi connectivity index (χ1n) is 6.32. The molecule has 0 saturated carbocycles. The Hall–Kier alpha value is -2.86. The van der Waals surface area contributed by atoms with Gasteiger partial charge in [0, 0.05) is 10.9 Å². The number of aromatic nitrogens is 1. The van der Waals surface area contributed by atoms with Crippen molar-refractivity contribution in [2.45, 2.75) is 6.61 Å². The van der Waals surface area contributed by atoms with E-state index in [-0.39, 0.29) is 0 Å². The van der Waals surface area contributed by atoms with Gasteiger partial charge in [0.2, 0.25) is 0 Å². The lowest BCUT2D eigenvalue weighted by Gasteiger charge is -2.08. The Bertz CT molecular complexity index is 790. The molecule has 0 aliphatic rings. The lowest BCUT2D eigenvalue weighted by atomic mass is 10.1. The molecule has 0 N–H and O–H groups in total. The van der Waals surface area contributed by atoms with E-state index in [0.29, 0.717) is 17.9 Å². The van der Waals surface area contributed by atoms with Crippen molar-refractivity contribution in [3.05, 3.63) is 71.9 Å². The van der Waals surface area contributed by atoms with Crippen LogP contribution in [0.25, 0.3) is 10.9 Å². The summed E-state index contributed by atoms with van der Waals surface area (Å²) in [6.45, 7) is 0.365. The van der Waals surface area contributed by atoms with Crippen LogP contribution in [0.15, 0.2) is 60.8 Å². The van der Waals surface area contributed by atoms with Gasteiger partial charge >= 0.3 is 0 Å². The second-order valence-corrected chi connectivity index (χ2v) is 4.42. The topological polar surface area (TPSA) is 45.9 Å². The molecule has 0 unspecified atom stereocenters. The third kappa shape index (κ3) is 2.45. The summed E-state index contributed by atoms with van der Waals surface area (Å²) in [7, 11) is 0. The van der Waals surface area contributed by atoms with Crippen molar-refractivity contribution >= 4 is 10.9 Å². The highest BCUT2D eigenvalue weighted by Crippen LogP contribution is 2.19. The fraction of sp³-hybridized carbons (Fsp3) is 0.0588. The van der Waals surface area contributed by atoms with Gasteiger partial charge in [-0.1, -0.05) is 36.4 Å². The minimum atomic E-state index is 0.365. The van der Waals surface area contributed by atoms with E-state index in [2.05, 4.69) is 11.1 Å². The van der Waals surface area contributed by atoms with Crippen molar-refractivity contribution in [2.75, 3.05) is 0 Å². The summed E-state index contributed by atoms with van der Waals surface area (Å²) in [6, 6.07) is 19.4. The fourth-order valence-corrected chi connectivity index (χ4v) is 2.05. The van der Waals surface area contributed by atoms with Crippen LogP contribution in [-0.2, 0) is 6.61 Å². The number of rotatable bonds is 3. The average molecular weight is 260 g/mol. The number of nitrogens with zero attached hydrogens (tertiary/aromatic N) is 2. The molecule has 0 spiro atoms. The summed E-state index contributed by atoms with van der Waals surface area (Å²) >= 11 is 0. The largest absolute Gasteiger partial charge is 0.487 e. The molecule has 1 heterocycles. The minimum absolute atomic E-state index is 0.365. The number of para-hydroxylation sites is 1. The van der Waals surface area contributed by atoms with Crippen LogP contribution in [0.1, 0.15) is 11.1 Å². The number of hydrogen-bond donors (Lipinski definition) is 0. The summed E-state index contributed by atoms with van der Waals surface area (Å²) in [6.07, 6.45) is 1.71. The van der Waals surface area contributed by atoms with Gasteiger partial charge in [-0.2, -0.15) is 5.26 Å². The summed E-state index contributed by atoms with van der Waals surface area (Å²) in [5.41, 5.74) is 2.46. The molecule has 0 aliphatic heterocycles.